The summed E-state index contributed by atoms with van der Waals surface area (Å²) in [6, 6.07) is -0.359. The Balaban J connectivity index is 2.29. The van der Waals surface area contributed by atoms with Crippen LogP contribution in [0.15, 0.2) is 0 Å². The van der Waals surface area contributed by atoms with Crippen molar-refractivity contribution in [1.82, 2.24) is 4.90 Å². The molecular weight excluding hydrogens is 181 g/mol. The molecule has 2 saturated heterocycles. The molecule has 0 saturated carbocycles. The topological polar surface area (TPSA) is 46.6 Å². The van der Waals surface area contributed by atoms with E-state index in [1.165, 1.54) is 0 Å². The fourth-order valence-electron chi connectivity index (χ4n) is 2.02. The van der Waals surface area contributed by atoms with Gasteiger partial charge >= 0.3 is 5.97 Å². The average molecular weight is 193 g/mol. The zero-order valence-electron chi connectivity index (χ0n) is 8.16. The second kappa shape index (κ2) is 3.00. The first kappa shape index (κ1) is 9.56. The molecule has 2 rings (SSSR count). The van der Waals surface area contributed by atoms with Gasteiger partial charge in [-0.15, -0.1) is 0 Å². The molecule has 0 unspecified atom stereocenters. The summed E-state index contributed by atoms with van der Waals surface area (Å²) in [5, 5.41) is 0. The van der Waals surface area contributed by atoms with Gasteiger partial charge in [0.25, 0.3) is 5.91 Å². The highest BCUT2D eigenvalue weighted by Gasteiger charge is 2.50. The quantitative estimate of drug-likeness (QED) is 0.430. The zero-order chi connectivity index (χ0) is 10.3. The Morgan fingerprint density at radius 3 is 3.00 bits per heavy atom. The molecule has 5 heteroatoms. The van der Waals surface area contributed by atoms with Crippen LogP contribution < -0.4 is 0 Å². The van der Waals surface area contributed by atoms with E-state index in [4.69, 9.17) is 12.6 Å². The molecule has 2 aliphatic heterocycles. The van der Waals surface area contributed by atoms with Crippen molar-refractivity contribution in [2.45, 2.75) is 37.7 Å². The van der Waals surface area contributed by atoms with Crippen molar-refractivity contribution in [2.24, 2.45) is 0 Å². The van der Waals surface area contributed by atoms with E-state index in [2.05, 4.69) is 0 Å². The molecule has 0 aromatic heterocycles. The highest BCUT2D eigenvalue weighted by atomic mass is 16.6. The van der Waals surface area contributed by atoms with Crippen molar-refractivity contribution in [3.05, 3.63) is 0 Å². The third kappa shape index (κ3) is 1.15. The molecular formula is C9H12BNO3. The predicted molar refractivity (Wildman–Crippen MR) is 49.8 cm³/mol. The fraction of sp³-hybridized carbons (Fsp3) is 0.778. The van der Waals surface area contributed by atoms with Gasteiger partial charge < -0.3 is 9.64 Å². The van der Waals surface area contributed by atoms with E-state index in [0.29, 0.717) is 13.0 Å². The number of amides is 1. The lowest BCUT2D eigenvalue weighted by Gasteiger charge is -2.39. The van der Waals surface area contributed by atoms with Crippen LogP contribution in [0.3, 0.4) is 0 Å². The molecule has 2 fully saturated rings. The molecule has 4 nitrogen and oxygen atoms in total. The van der Waals surface area contributed by atoms with E-state index >= 15 is 0 Å². The molecule has 0 spiro atoms. The standard InChI is InChI=1S/C9H12BNO3/c1-9(5-10)8(13)11-4-2-3-6(11)7(12)14-9/h6H,2-5H2,1H3/t6-,9+/m1/s1. The molecule has 2 heterocycles. The number of carbonyl (C=O) groups is 2. The minimum absolute atomic E-state index is 0.0425. The lowest BCUT2D eigenvalue weighted by molar-refractivity contribution is -0.186. The number of ether oxygens (including phenoxy) is 1. The molecule has 74 valence electrons. The first-order chi connectivity index (χ1) is 6.58. The number of morpholine rings is 1. The summed E-state index contributed by atoms with van der Waals surface area (Å²) in [7, 11) is 5.45. The first-order valence-corrected chi connectivity index (χ1v) is 4.82. The fourth-order valence-corrected chi connectivity index (χ4v) is 2.02. The van der Waals surface area contributed by atoms with Crippen LogP contribution in [0.25, 0.3) is 0 Å². The molecule has 2 radical (unpaired) electrons. The average Bonchev–Trinajstić information content (AvgIpc) is 2.63. The Morgan fingerprint density at radius 1 is 1.64 bits per heavy atom. The first-order valence-electron chi connectivity index (χ1n) is 4.82. The number of carbonyl (C=O) groups excluding carboxylic acids is 2. The van der Waals surface area contributed by atoms with Crippen molar-refractivity contribution in [2.75, 3.05) is 6.54 Å². The van der Waals surface area contributed by atoms with Crippen LogP contribution in [0.5, 0.6) is 0 Å². The number of nitrogens with zero attached hydrogens (tertiary/aromatic N) is 1. The van der Waals surface area contributed by atoms with E-state index in [1.54, 1.807) is 11.8 Å². The van der Waals surface area contributed by atoms with Crippen molar-refractivity contribution in [3.8, 4) is 0 Å². The second-order valence-corrected chi connectivity index (χ2v) is 4.01. The van der Waals surface area contributed by atoms with Gasteiger partial charge in [-0.1, -0.05) is 0 Å². The number of hydrogen-bond donors (Lipinski definition) is 0. The monoisotopic (exact) mass is 193 g/mol. The molecule has 0 N–H and O–H groups in total. The van der Waals surface area contributed by atoms with E-state index in [0.717, 1.165) is 6.42 Å². The van der Waals surface area contributed by atoms with E-state index in [-0.39, 0.29) is 24.2 Å². The highest BCUT2D eigenvalue weighted by Crippen LogP contribution is 2.31. The zero-order valence-corrected chi connectivity index (χ0v) is 8.16. The minimum Gasteiger partial charge on any atom is -0.449 e. The van der Waals surface area contributed by atoms with E-state index in [1.807, 2.05) is 0 Å². The van der Waals surface area contributed by atoms with Crippen LogP contribution >= 0.6 is 0 Å². The van der Waals surface area contributed by atoms with Crippen molar-refractivity contribution in [3.63, 3.8) is 0 Å². The van der Waals surface area contributed by atoms with Gasteiger partial charge in [-0.2, -0.15) is 0 Å². The van der Waals surface area contributed by atoms with Crippen LogP contribution in [0.2, 0.25) is 6.32 Å². The van der Waals surface area contributed by atoms with E-state index in [9.17, 15) is 9.59 Å². The Kier molecular flexibility index (Phi) is 2.05. The Labute approximate surface area is 84.0 Å². The maximum absolute atomic E-state index is 11.9. The minimum atomic E-state index is -1.14. The molecule has 0 aromatic rings. The van der Waals surface area contributed by atoms with Gasteiger partial charge in [0.1, 0.15) is 6.04 Å². The SMILES string of the molecule is [B]C[C@]1(C)OC(=O)[C@H]2CCCN2C1=O. The number of esters is 1. The molecule has 2 aliphatic rings. The van der Waals surface area contributed by atoms with Gasteiger partial charge in [0.15, 0.2) is 5.60 Å². The summed E-state index contributed by atoms with van der Waals surface area (Å²) in [6.45, 7) is 2.22. The van der Waals surface area contributed by atoms with Crippen molar-refractivity contribution < 1.29 is 14.3 Å². The summed E-state index contributed by atoms with van der Waals surface area (Å²) in [5.74, 6) is -0.461. The number of cyclic esters (lactones) is 1. The summed E-state index contributed by atoms with van der Waals surface area (Å²) in [4.78, 5) is 25.0. The highest BCUT2D eigenvalue weighted by molar-refractivity contribution is 6.13. The number of hydrogen-bond acceptors (Lipinski definition) is 3. The molecule has 1 amide bonds. The van der Waals surface area contributed by atoms with Gasteiger partial charge in [0.05, 0.1) is 7.85 Å². The van der Waals surface area contributed by atoms with Crippen molar-refractivity contribution >= 4 is 19.7 Å². The summed E-state index contributed by atoms with van der Waals surface area (Å²) < 4.78 is 5.09. The summed E-state index contributed by atoms with van der Waals surface area (Å²) in [5.41, 5.74) is -1.14. The third-order valence-electron chi connectivity index (χ3n) is 2.95. The lowest BCUT2D eigenvalue weighted by atomic mass is 9.85. The van der Waals surface area contributed by atoms with Gasteiger partial charge in [-0.3, -0.25) is 4.79 Å². The molecule has 14 heavy (non-hydrogen) atoms. The Hall–Kier alpha value is -0.995. The Bertz CT molecular complexity index is 294. The third-order valence-corrected chi connectivity index (χ3v) is 2.95. The van der Waals surface area contributed by atoms with Crippen LogP contribution in [-0.4, -0.2) is 42.8 Å². The van der Waals surface area contributed by atoms with E-state index < -0.39 is 5.60 Å². The van der Waals surface area contributed by atoms with Crippen molar-refractivity contribution in [1.29, 1.82) is 0 Å². The smallest absolute Gasteiger partial charge is 0.329 e. The van der Waals surface area contributed by atoms with Crippen LogP contribution in [0.1, 0.15) is 19.8 Å². The second-order valence-electron chi connectivity index (χ2n) is 4.01. The van der Waals surface area contributed by atoms with Crippen LogP contribution in [0, 0.1) is 0 Å². The molecule has 0 bridgehead atoms. The Morgan fingerprint density at radius 2 is 2.36 bits per heavy atom. The van der Waals surface area contributed by atoms with Gasteiger partial charge in [-0.25, -0.2) is 4.79 Å². The molecule has 0 aliphatic carbocycles. The maximum Gasteiger partial charge on any atom is 0.329 e. The van der Waals surface area contributed by atoms with Gasteiger partial charge in [0, 0.05) is 6.54 Å². The number of rotatable bonds is 1. The largest absolute Gasteiger partial charge is 0.449 e. The maximum atomic E-state index is 11.9. The number of fused-ring (bicyclic) bond motifs is 1. The normalized spacial score (nSPS) is 36.9. The van der Waals surface area contributed by atoms with Gasteiger partial charge in [-0.05, 0) is 26.1 Å². The molecule has 2 atom stereocenters. The lowest BCUT2D eigenvalue weighted by Crippen LogP contribution is -2.59. The predicted octanol–water partition coefficient (Wildman–Crippen LogP) is -0.120. The van der Waals surface area contributed by atoms with Crippen LogP contribution in [-0.2, 0) is 14.3 Å². The summed E-state index contributed by atoms with van der Waals surface area (Å²) >= 11 is 0. The molecule has 0 aromatic carbocycles. The van der Waals surface area contributed by atoms with Crippen LogP contribution in [0.4, 0.5) is 0 Å². The van der Waals surface area contributed by atoms with Gasteiger partial charge in [0.2, 0.25) is 0 Å². The summed E-state index contributed by atoms with van der Waals surface area (Å²) in [6.07, 6.45) is 1.62.